The van der Waals surface area contributed by atoms with Crippen molar-refractivity contribution in [3.8, 4) is 0 Å². The van der Waals surface area contributed by atoms with Gasteiger partial charge in [-0.05, 0) is 24.3 Å². The first-order chi connectivity index (χ1) is 11.5. The van der Waals surface area contributed by atoms with Crippen molar-refractivity contribution in [2.75, 3.05) is 5.32 Å². The molecule has 2 aromatic carbocycles. The second kappa shape index (κ2) is 6.98. The lowest BCUT2D eigenvalue weighted by Crippen LogP contribution is -2.14. The van der Waals surface area contributed by atoms with Gasteiger partial charge in [0.15, 0.2) is 0 Å². The second-order valence-electron chi connectivity index (χ2n) is 4.90. The number of nitrogens with zero attached hydrogens (tertiary/aromatic N) is 3. The molecule has 0 spiro atoms. The first-order valence-corrected chi connectivity index (χ1v) is 7.68. The fraction of sp³-hybridized carbons (Fsp3) is 0.0625. The van der Waals surface area contributed by atoms with Gasteiger partial charge in [0.25, 0.3) is 5.91 Å². The quantitative estimate of drug-likeness (QED) is 0.760. The summed E-state index contributed by atoms with van der Waals surface area (Å²) < 4.78 is 15.2. The van der Waals surface area contributed by atoms with Crippen molar-refractivity contribution in [1.82, 2.24) is 14.8 Å². The molecule has 1 heterocycles. The monoisotopic (exact) mass is 364 g/mol. The van der Waals surface area contributed by atoms with Crippen LogP contribution in [0.25, 0.3) is 0 Å². The van der Waals surface area contributed by atoms with Crippen LogP contribution in [0.15, 0.2) is 48.8 Å². The van der Waals surface area contributed by atoms with E-state index >= 15 is 0 Å². The molecule has 0 bridgehead atoms. The van der Waals surface area contributed by atoms with Crippen LogP contribution in [0.4, 0.5) is 10.3 Å². The van der Waals surface area contributed by atoms with Gasteiger partial charge >= 0.3 is 0 Å². The summed E-state index contributed by atoms with van der Waals surface area (Å²) in [5.74, 6) is -0.769. The van der Waals surface area contributed by atoms with E-state index in [0.717, 1.165) is 0 Å². The Morgan fingerprint density at radius 2 is 1.88 bits per heavy atom. The molecule has 24 heavy (non-hydrogen) atoms. The summed E-state index contributed by atoms with van der Waals surface area (Å²) in [7, 11) is 0. The second-order valence-corrected chi connectivity index (χ2v) is 5.71. The number of hydrogen-bond donors (Lipinski definition) is 1. The lowest BCUT2D eigenvalue weighted by atomic mass is 10.2. The van der Waals surface area contributed by atoms with Crippen LogP contribution in [0.3, 0.4) is 0 Å². The zero-order chi connectivity index (χ0) is 17.1. The lowest BCUT2D eigenvalue weighted by molar-refractivity contribution is 0.102. The molecule has 0 radical (unpaired) electrons. The van der Waals surface area contributed by atoms with Crippen molar-refractivity contribution in [2.45, 2.75) is 6.54 Å². The Bertz CT molecular complexity index is 877. The predicted molar refractivity (Wildman–Crippen MR) is 89.9 cm³/mol. The summed E-state index contributed by atoms with van der Waals surface area (Å²) in [6, 6.07) is 11.1. The van der Waals surface area contributed by atoms with Crippen molar-refractivity contribution in [2.24, 2.45) is 0 Å². The van der Waals surface area contributed by atoms with Crippen molar-refractivity contribution in [3.05, 3.63) is 75.8 Å². The van der Waals surface area contributed by atoms with E-state index in [4.69, 9.17) is 23.2 Å². The highest BCUT2D eigenvalue weighted by Crippen LogP contribution is 2.20. The minimum atomic E-state index is -0.431. The summed E-state index contributed by atoms with van der Waals surface area (Å²) >= 11 is 12.0. The van der Waals surface area contributed by atoms with E-state index in [1.165, 1.54) is 23.1 Å². The van der Waals surface area contributed by atoms with Gasteiger partial charge in [0.05, 0.1) is 17.1 Å². The molecule has 5 nitrogen and oxygen atoms in total. The van der Waals surface area contributed by atoms with Crippen molar-refractivity contribution in [3.63, 3.8) is 0 Å². The molecule has 1 N–H and O–H groups in total. The van der Waals surface area contributed by atoms with Crippen LogP contribution in [0.2, 0.25) is 10.0 Å². The van der Waals surface area contributed by atoms with Crippen LogP contribution >= 0.6 is 23.2 Å². The Kier molecular flexibility index (Phi) is 4.78. The maximum atomic E-state index is 13.8. The minimum Gasteiger partial charge on any atom is -0.289 e. The molecule has 0 saturated heterocycles. The maximum absolute atomic E-state index is 13.8. The number of rotatable bonds is 4. The largest absolute Gasteiger partial charge is 0.289 e. The molecule has 0 atom stereocenters. The highest BCUT2D eigenvalue weighted by Gasteiger charge is 2.13. The van der Waals surface area contributed by atoms with Gasteiger partial charge in [0.1, 0.15) is 12.1 Å². The molecule has 1 aromatic heterocycles. The average molecular weight is 365 g/mol. The summed E-state index contributed by atoms with van der Waals surface area (Å²) in [5.41, 5.74) is 0.612. The van der Waals surface area contributed by atoms with E-state index in [2.05, 4.69) is 15.4 Å². The maximum Gasteiger partial charge on any atom is 0.259 e. The molecule has 8 heteroatoms. The van der Waals surface area contributed by atoms with Gasteiger partial charge in [-0.1, -0.05) is 41.4 Å². The molecule has 0 aliphatic carbocycles. The molecular formula is C16H11Cl2FN4O. The summed E-state index contributed by atoms with van der Waals surface area (Å²) in [5, 5.41) is 7.25. The number of anilines is 1. The Morgan fingerprint density at radius 3 is 2.62 bits per heavy atom. The fourth-order valence-electron chi connectivity index (χ4n) is 2.09. The van der Waals surface area contributed by atoms with Crippen LogP contribution in [0.5, 0.6) is 0 Å². The van der Waals surface area contributed by atoms with E-state index < -0.39 is 11.7 Å². The van der Waals surface area contributed by atoms with E-state index in [1.807, 2.05) is 0 Å². The first-order valence-electron chi connectivity index (χ1n) is 6.93. The van der Waals surface area contributed by atoms with E-state index in [0.29, 0.717) is 21.2 Å². The zero-order valence-corrected chi connectivity index (χ0v) is 13.7. The Labute approximate surface area is 147 Å². The number of benzene rings is 2. The summed E-state index contributed by atoms with van der Waals surface area (Å²) in [4.78, 5) is 16.1. The van der Waals surface area contributed by atoms with Crippen LogP contribution in [-0.2, 0) is 6.54 Å². The molecular weight excluding hydrogens is 354 g/mol. The van der Waals surface area contributed by atoms with Crippen molar-refractivity contribution in [1.29, 1.82) is 0 Å². The highest BCUT2D eigenvalue weighted by atomic mass is 35.5. The van der Waals surface area contributed by atoms with Crippen LogP contribution in [0, 0.1) is 5.82 Å². The zero-order valence-electron chi connectivity index (χ0n) is 12.2. The third-order valence-electron chi connectivity index (χ3n) is 3.26. The molecule has 0 saturated carbocycles. The Morgan fingerprint density at radius 1 is 1.12 bits per heavy atom. The highest BCUT2D eigenvalue weighted by molar-refractivity contribution is 6.34. The number of aromatic nitrogens is 3. The first kappa shape index (κ1) is 16.4. The Balaban J connectivity index is 1.74. The minimum absolute atomic E-state index is 0.0902. The number of carbonyl (C=O) groups is 1. The van der Waals surface area contributed by atoms with Crippen LogP contribution < -0.4 is 5.32 Å². The number of amides is 1. The fourth-order valence-corrected chi connectivity index (χ4v) is 2.53. The molecule has 0 aliphatic rings. The number of hydrogen-bond acceptors (Lipinski definition) is 3. The third-order valence-corrected chi connectivity index (χ3v) is 3.95. The van der Waals surface area contributed by atoms with Gasteiger partial charge in [0.2, 0.25) is 5.95 Å². The summed E-state index contributed by atoms with van der Waals surface area (Å²) in [6.07, 6.45) is 1.38. The van der Waals surface area contributed by atoms with Gasteiger partial charge in [0, 0.05) is 10.6 Å². The third kappa shape index (κ3) is 3.55. The molecule has 0 aliphatic heterocycles. The number of nitrogens with one attached hydrogen (secondary N) is 1. The predicted octanol–water partition coefficient (Wildman–Crippen LogP) is 4.02. The molecule has 3 aromatic rings. The van der Waals surface area contributed by atoms with E-state index in [-0.39, 0.29) is 12.5 Å². The van der Waals surface area contributed by atoms with Gasteiger partial charge < -0.3 is 0 Å². The number of carbonyl (C=O) groups excluding carboxylic acids is 1. The van der Waals surface area contributed by atoms with E-state index in [1.54, 1.807) is 30.3 Å². The SMILES string of the molecule is O=C(Nc1ncn(Cc2c(F)cccc2Cl)n1)c1ccccc1Cl. The Hall–Kier alpha value is -2.44. The van der Waals surface area contributed by atoms with Crippen LogP contribution in [-0.4, -0.2) is 20.7 Å². The molecule has 1 amide bonds. The standard InChI is InChI=1S/C16H11Cl2FN4O/c17-12-5-2-1-4-10(12)15(24)21-16-20-9-23(22-16)8-11-13(18)6-3-7-14(11)19/h1-7,9H,8H2,(H,21,22,24). The van der Waals surface area contributed by atoms with Gasteiger partial charge in [-0.3, -0.25) is 10.1 Å². The van der Waals surface area contributed by atoms with Gasteiger partial charge in [-0.15, -0.1) is 5.10 Å². The molecule has 3 rings (SSSR count). The molecule has 0 fully saturated rings. The normalized spacial score (nSPS) is 10.6. The molecule has 0 unspecified atom stereocenters. The smallest absolute Gasteiger partial charge is 0.259 e. The summed E-state index contributed by atoms with van der Waals surface area (Å²) in [6.45, 7) is 0.0977. The topological polar surface area (TPSA) is 59.8 Å². The van der Waals surface area contributed by atoms with E-state index in [9.17, 15) is 9.18 Å². The van der Waals surface area contributed by atoms with Gasteiger partial charge in [-0.2, -0.15) is 0 Å². The van der Waals surface area contributed by atoms with Crippen LogP contribution in [0.1, 0.15) is 15.9 Å². The lowest BCUT2D eigenvalue weighted by Gasteiger charge is -2.05. The van der Waals surface area contributed by atoms with Gasteiger partial charge in [-0.25, -0.2) is 14.1 Å². The van der Waals surface area contributed by atoms with Crippen molar-refractivity contribution >= 4 is 35.1 Å². The molecule has 122 valence electrons. The van der Waals surface area contributed by atoms with Crippen molar-refractivity contribution < 1.29 is 9.18 Å². The average Bonchev–Trinajstić information content (AvgIpc) is 2.98. The number of halogens is 3.